The van der Waals surface area contributed by atoms with E-state index in [1.54, 1.807) is 24.3 Å². The molecular formula is C11H11N3O. The number of carbonyl (C=O) groups excluding carboxylic acids is 1. The number of hydrogen-bond acceptors (Lipinski definition) is 2. The predicted molar refractivity (Wildman–Crippen MR) is 56.3 cm³/mol. The van der Waals surface area contributed by atoms with E-state index in [2.05, 4.69) is 10.6 Å². The molecule has 0 radical (unpaired) electrons. The maximum absolute atomic E-state index is 11.3. The quantitative estimate of drug-likeness (QED) is 0.766. The molecule has 1 aromatic rings. The molecule has 76 valence electrons. The van der Waals surface area contributed by atoms with Crippen LogP contribution in [0, 0.1) is 11.3 Å². The molecule has 1 aliphatic carbocycles. The summed E-state index contributed by atoms with van der Waals surface area (Å²) in [7, 11) is 0. The van der Waals surface area contributed by atoms with Crippen LogP contribution in [0.3, 0.4) is 0 Å². The fourth-order valence-corrected chi connectivity index (χ4v) is 1.21. The van der Waals surface area contributed by atoms with Crippen molar-refractivity contribution < 1.29 is 4.79 Å². The van der Waals surface area contributed by atoms with E-state index in [1.807, 2.05) is 6.07 Å². The summed E-state index contributed by atoms with van der Waals surface area (Å²) in [5.74, 6) is 0. The second kappa shape index (κ2) is 4.01. The summed E-state index contributed by atoms with van der Waals surface area (Å²) in [6.45, 7) is 0. The minimum absolute atomic E-state index is 0.179. The number of hydrogen-bond donors (Lipinski definition) is 2. The predicted octanol–water partition coefficient (Wildman–Crippen LogP) is 1.84. The van der Waals surface area contributed by atoms with Gasteiger partial charge in [-0.1, -0.05) is 0 Å². The molecule has 1 saturated carbocycles. The summed E-state index contributed by atoms with van der Waals surface area (Å²) < 4.78 is 0. The van der Waals surface area contributed by atoms with Gasteiger partial charge in [0.2, 0.25) is 0 Å². The molecule has 2 N–H and O–H groups in total. The fourth-order valence-electron chi connectivity index (χ4n) is 1.21. The number of carbonyl (C=O) groups is 1. The second-order valence-electron chi connectivity index (χ2n) is 3.56. The van der Waals surface area contributed by atoms with E-state index in [0.717, 1.165) is 12.8 Å². The Kier molecular flexibility index (Phi) is 2.55. The molecule has 0 spiro atoms. The van der Waals surface area contributed by atoms with Crippen LogP contribution in [-0.2, 0) is 0 Å². The lowest BCUT2D eigenvalue weighted by Crippen LogP contribution is -2.30. The lowest BCUT2D eigenvalue weighted by atomic mass is 10.2. The zero-order valence-corrected chi connectivity index (χ0v) is 8.16. The SMILES string of the molecule is N#Cc1ccc(NC(=O)NC2CC2)cc1. The molecule has 1 aliphatic rings. The molecule has 15 heavy (non-hydrogen) atoms. The van der Waals surface area contributed by atoms with Gasteiger partial charge in [0.15, 0.2) is 0 Å². The first-order valence-corrected chi connectivity index (χ1v) is 4.85. The summed E-state index contributed by atoms with van der Waals surface area (Å²) in [6.07, 6.45) is 2.14. The van der Waals surface area contributed by atoms with Gasteiger partial charge in [0.05, 0.1) is 11.6 Å². The van der Waals surface area contributed by atoms with Crippen molar-refractivity contribution in [3.63, 3.8) is 0 Å². The molecular weight excluding hydrogens is 190 g/mol. The first kappa shape index (κ1) is 9.53. The van der Waals surface area contributed by atoms with Crippen molar-refractivity contribution >= 4 is 11.7 Å². The van der Waals surface area contributed by atoms with Crippen molar-refractivity contribution in [2.45, 2.75) is 18.9 Å². The van der Waals surface area contributed by atoms with Crippen LogP contribution in [-0.4, -0.2) is 12.1 Å². The Morgan fingerprint density at radius 3 is 2.53 bits per heavy atom. The summed E-state index contributed by atoms with van der Waals surface area (Å²) in [5.41, 5.74) is 1.29. The Hall–Kier alpha value is -2.02. The van der Waals surface area contributed by atoms with Crippen LogP contribution in [0.2, 0.25) is 0 Å². The first-order valence-electron chi connectivity index (χ1n) is 4.85. The largest absolute Gasteiger partial charge is 0.335 e. The average Bonchev–Trinajstić information content (AvgIpc) is 3.03. The van der Waals surface area contributed by atoms with Crippen LogP contribution in [0.4, 0.5) is 10.5 Å². The van der Waals surface area contributed by atoms with Crippen molar-refractivity contribution in [3.05, 3.63) is 29.8 Å². The van der Waals surface area contributed by atoms with Gasteiger partial charge in [0, 0.05) is 11.7 Å². The zero-order chi connectivity index (χ0) is 10.7. The van der Waals surface area contributed by atoms with E-state index in [4.69, 9.17) is 5.26 Å². The third-order valence-electron chi connectivity index (χ3n) is 2.18. The van der Waals surface area contributed by atoms with Crippen LogP contribution < -0.4 is 10.6 Å². The van der Waals surface area contributed by atoms with Crippen LogP contribution in [0.5, 0.6) is 0 Å². The third kappa shape index (κ3) is 2.71. The Balaban J connectivity index is 1.92. The molecule has 0 saturated heterocycles. The van der Waals surface area contributed by atoms with Crippen LogP contribution in [0.15, 0.2) is 24.3 Å². The number of rotatable bonds is 2. The van der Waals surface area contributed by atoms with Crippen LogP contribution >= 0.6 is 0 Å². The topological polar surface area (TPSA) is 64.9 Å². The zero-order valence-electron chi connectivity index (χ0n) is 8.16. The van der Waals surface area contributed by atoms with Gasteiger partial charge in [-0.15, -0.1) is 0 Å². The average molecular weight is 201 g/mol. The lowest BCUT2D eigenvalue weighted by Gasteiger charge is -2.05. The van der Waals surface area contributed by atoms with Gasteiger partial charge in [-0.25, -0.2) is 4.79 Å². The van der Waals surface area contributed by atoms with Crippen LogP contribution in [0.25, 0.3) is 0 Å². The van der Waals surface area contributed by atoms with Crippen molar-refractivity contribution in [2.24, 2.45) is 0 Å². The van der Waals surface area contributed by atoms with Crippen molar-refractivity contribution in [1.29, 1.82) is 5.26 Å². The van der Waals surface area contributed by atoms with Crippen LogP contribution in [0.1, 0.15) is 18.4 Å². The number of benzene rings is 1. The number of nitrogens with one attached hydrogen (secondary N) is 2. The minimum atomic E-state index is -0.179. The van der Waals surface area contributed by atoms with Crippen molar-refractivity contribution in [3.8, 4) is 6.07 Å². The van der Waals surface area contributed by atoms with E-state index in [0.29, 0.717) is 17.3 Å². The number of urea groups is 1. The molecule has 0 aromatic heterocycles. The highest BCUT2D eigenvalue weighted by molar-refractivity contribution is 5.89. The Bertz CT molecular complexity index is 401. The van der Waals surface area contributed by atoms with E-state index in [1.165, 1.54) is 0 Å². The standard InChI is InChI=1S/C11H11N3O/c12-7-8-1-3-9(4-2-8)13-11(15)14-10-5-6-10/h1-4,10H,5-6H2,(H2,13,14,15). The number of amides is 2. The molecule has 0 heterocycles. The normalized spacial score (nSPS) is 14.1. The van der Waals surface area contributed by atoms with Gasteiger partial charge in [-0.05, 0) is 37.1 Å². The molecule has 1 fully saturated rings. The Morgan fingerprint density at radius 1 is 1.33 bits per heavy atom. The maximum Gasteiger partial charge on any atom is 0.319 e. The Morgan fingerprint density at radius 2 is 2.00 bits per heavy atom. The smallest absolute Gasteiger partial charge is 0.319 e. The molecule has 4 nitrogen and oxygen atoms in total. The minimum Gasteiger partial charge on any atom is -0.335 e. The molecule has 4 heteroatoms. The first-order chi connectivity index (χ1) is 7.28. The highest BCUT2D eigenvalue weighted by Gasteiger charge is 2.22. The summed E-state index contributed by atoms with van der Waals surface area (Å²) in [5, 5.41) is 14.1. The van der Waals surface area contributed by atoms with E-state index < -0.39 is 0 Å². The van der Waals surface area contributed by atoms with Crippen molar-refractivity contribution in [1.82, 2.24) is 5.32 Å². The molecule has 1 aromatic carbocycles. The highest BCUT2D eigenvalue weighted by Crippen LogP contribution is 2.18. The third-order valence-corrected chi connectivity index (χ3v) is 2.18. The summed E-state index contributed by atoms with van der Waals surface area (Å²) >= 11 is 0. The number of nitrogens with zero attached hydrogens (tertiary/aromatic N) is 1. The van der Waals surface area contributed by atoms with Gasteiger partial charge in [0.25, 0.3) is 0 Å². The van der Waals surface area contributed by atoms with Gasteiger partial charge in [-0.3, -0.25) is 0 Å². The Labute approximate surface area is 87.9 Å². The van der Waals surface area contributed by atoms with Gasteiger partial charge in [-0.2, -0.15) is 5.26 Å². The number of anilines is 1. The fraction of sp³-hybridized carbons (Fsp3) is 0.273. The molecule has 2 rings (SSSR count). The summed E-state index contributed by atoms with van der Waals surface area (Å²) in [6, 6.07) is 8.97. The van der Waals surface area contributed by atoms with E-state index in [-0.39, 0.29) is 6.03 Å². The second-order valence-corrected chi connectivity index (χ2v) is 3.56. The molecule has 0 bridgehead atoms. The van der Waals surface area contributed by atoms with Gasteiger partial charge < -0.3 is 10.6 Å². The number of nitriles is 1. The van der Waals surface area contributed by atoms with E-state index >= 15 is 0 Å². The summed E-state index contributed by atoms with van der Waals surface area (Å²) in [4.78, 5) is 11.3. The molecule has 0 unspecified atom stereocenters. The van der Waals surface area contributed by atoms with Gasteiger partial charge in [0.1, 0.15) is 0 Å². The maximum atomic E-state index is 11.3. The highest BCUT2D eigenvalue weighted by atomic mass is 16.2. The molecule has 2 amide bonds. The van der Waals surface area contributed by atoms with Gasteiger partial charge >= 0.3 is 6.03 Å². The van der Waals surface area contributed by atoms with Crippen molar-refractivity contribution in [2.75, 3.05) is 5.32 Å². The van der Waals surface area contributed by atoms with E-state index in [9.17, 15) is 4.79 Å². The molecule has 0 atom stereocenters. The lowest BCUT2D eigenvalue weighted by molar-refractivity contribution is 0.251. The monoisotopic (exact) mass is 201 g/mol. The molecule has 0 aliphatic heterocycles.